The van der Waals surface area contributed by atoms with E-state index in [-0.39, 0.29) is 23.8 Å². The van der Waals surface area contributed by atoms with E-state index in [4.69, 9.17) is 18.9 Å². The second kappa shape index (κ2) is 11.4. The average Bonchev–Trinajstić information content (AvgIpc) is 3.47. The first kappa shape index (κ1) is 27.2. The topological polar surface area (TPSA) is 101 Å². The van der Waals surface area contributed by atoms with Crippen LogP contribution in [0.5, 0.6) is 11.5 Å². The summed E-state index contributed by atoms with van der Waals surface area (Å²) in [5, 5.41) is 0. The summed E-state index contributed by atoms with van der Waals surface area (Å²) in [6.45, 7) is 9.43. The first-order chi connectivity index (χ1) is 19.3. The molecule has 208 valence electrons. The summed E-state index contributed by atoms with van der Waals surface area (Å²) in [6.07, 6.45) is 4.16. The van der Waals surface area contributed by atoms with Gasteiger partial charge >= 0.3 is 5.69 Å². The zero-order valence-electron chi connectivity index (χ0n) is 23.6. The molecule has 9 heteroatoms. The highest BCUT2D eigenvalue weighted by molar-refractivity contribution is 5.91. The lowest BCUT2D eigenvalue weighted by atomic mass is 9.97. The van der Waals surface area contributed by atoms with E-state index in [1.165, 1.54) is 12.5 Å². The molecule has 9 nitrogen and oxygen atoms in total. The van der Waals surface area contributed by atoms with Crippen LogP contribution in [0.2, 0.25) is 0 Å². The molecule has 0 amide bonds. The van der Waals surface area contributed by atoms with E-state index < -0.39 is 0 Å². The molecule has 0 N–H and O–H groups in total. The maximum Gasteiger partial charge on any atom is 0.330 e. The van der Waals surface area contributed by atoms with Gasteiger partial charge in [-0.25, -0.2) is 14.8 Å². The first-order valence-corrected chi connectivity index (χ1v) is 13.5. The molecule has 5 rings (SSSR count). The fourth-order valence-electron chi connectivity index (χ4n) is 5.40. The van der Waals surface area contributed by atoms with Crippen LogP contribution in [0.25, 0.3) is 11.3 Å². The fourth-order valence-corrected chi connectivity index (χ4v) is 5.40. The number of carbonyl (C=O) groups excluding carboxylic acids is 1. The molecule has 0 aliphatic carbocycles. The van der Waals surface area contributed by atoms with Gasteiger partial charge in [-0.2, -0.15) is 0 Å². The number of Topliss-reactive ketones (excluding diaryl/α,β-unsaturated/α-hetero) is 1. The first-order valence-electron chi connectivity index (χ1n) is 13.5. The average molecular weight is 543 g/mol. The van der Waals surface area contributed by atoms with Crippen LogP contribution in [0.4, 0.5) is 5.69 Å². The Kier molecular flexibility index (Phi) is 7.73. The molecular formula is C31H34N4O5. The third-order valence-corrected chi connectivity index (χ3v) is 7.18. The molecular weight excluding hydrogens is 508 g/mol. The van der Waals surface area contributed by atoms with Gasteiger partial charge in [-0.05, 0) is 69.4 Å². The number of aromatic nitrogens is 3. The van der Waals surface area contributed by atoms with Crippen molar-refractivity contribution in [1.82, 2.24) is 14.1 Å². The Bertz CT molecular complexity index is 1670. The zero-order valence-corrected chi connectivity index (χ0v) is 23.6. The number of aryl methyl sites for hydroxylation is 4. The minimum atomic E-state index is -0.196. The second-order valence-electron chi connectivity index (χ2n) is 10.0. The molecule has 0 saturated carbocycles. The van der Waals surface area contributed by atoms with Gasteiger partial charge in [0.05, 0.1) is 31.3 Å². The minimum Gasteiger partial charge on any atom is -0.493 e. The monoisotopic (exact) mass is 542 g/mol. The van der Waals surface area contributed by atoms with Crippen LogP contribution in [-0.4, -0.2) is 33.6 Å². The van der Waals surface area contributed by atoms with Crippen LogP contribution in [-0.2, 0) is 19.5 Å². The van der Waals surface area contributed by atoms with E-state index in [0.717, 1.165) is 39.2 Å². The minimum absolute atomic E-state index is 0.0833. The molecule has 0 fully saturated rings. The van der Waals surface area contributed by atoms with E-state index in [1.54, 1.807) is 16.2 Å². The van der Waals surface area contributed by atoms with Crippen molar-refractivity contribution >= 4 is 11.5 Å². The van der Waals surface area contributed by atoms with Gasteiger partial charge in [0.2, 0.25) is 5.78 Å². The maximum absolute atomic E-state index is 14.0. The van der Waals surface area contributed by atoms with Crippen LogP contribution in [0.3, 0.4) is 0 Å². The Hall–Kier alpha value is -4.40. The van der Waals surface area contributed by atoms with Crippen molar-refractivity contribution in [3.05, 3.63) is 86.9 Å². The molecule has 1 aliphatic rings. The maximum atomic E-state index is 14.0. The lowest BCUT2D eigenvalue weighted by Gasteiger charge is -2.25. The molecule has 2 aromatic carbocycles. The van der Waals surface area contributed by atoms with Crippen molar-refractivity contribution in [1.29, 1.82) is 0 Å². The number of nitrogens with zero attached hydrogens (tertiary/aromatic N) is 4. The van der Waals surface area contributed by atoms with Crippen LogP contribution in [0.15, 0.2) is 57.0 Å². The smallest absolute Gasteiger partial charge is 0.330 e. The number of hydrogen-bond acceptors (Lipinski definition) is 7. The molecule has 0 unspecified atom stereocenters. The van der Waals surface area contributed by atoms with Crippen molar-refractivity contribution in [3.8, 4) is 22.8 Å². The highest BCUT2D eigenvalue weighted by Gasteiger charge is 2.23. The summed E-state index contributed by atoms with van der Waals surface area (Å²) < 4.78 is 20.0. The lowest BCUT2D eigenvalue weighted by molar-refractivity contribution is 0.0944. The highest BCUT2D eigenvalue weighted by Crippen LogP contribution is 2.37. The van der Waals surface area contributed by atoms with Crippen molar-refractivity contribution in [2.75, 3.05) is 13.7 Å². The predicted molar refractivity (Wildman–Crippen MR) is 151 cm³/mol. The number of methoxy groups -OCH3 is 1. The van der Waals surface area contributed by atoms with Crippen molar-refractivity contribution < 1.29 is 18.7 Å². The molecule has 0 bridgehead atoms. The lowest BCUT2D eigenvalue weighted by Crippen LogP contribution is -2.42. The van der Waals surface area contributed by atoms with Gasteiger partial charge in [-0.1, -0.05) is 17.7 Å². The summed E-state index contributed by atoms with van der Waals surface area (Å²) in [6, 6.07) is 10.1. The van der Waals surface area contributed by atoms with E-state index in [1.807, 2.05) is 39.0 Å². The third-order valence-electron chi connectivity index (χ3n) is 7.18. The molecule has 4 aromatic rings. The molecule has 3 heterocycles. The van der Waals surface area contributed by atoms with Gasteiger partial charge in [0.15, 0.2) is 11.5 Å². The molecule has 1 aliphatic heterocycles. The number of carbonyl (C=O) groups is 1. The number of oxazole rings is 1. The highest BCUT2D eigenvalue weighted by atomic mass is 16.5. The second-order valence-corrected chi connectivity index (χ2v) is 10.0. The Balaban J connectivity index is 1.64. The Morgan fingerprint density at radius 3 is 2.55 bits per heavy atom. The van der Waals surface area contributed by atoms with Gasteiger partial charge < -0.3 is 13.9 Å². The van der Waals surface area contributed by atoms with Gasteiger partial charge in [0.25, 0.3) is 5.89 Å². The van der Waals surface area contributed by atoms with Crippen molar-refractivity contribution in [2.24, 2.45) is 4.99 Å². The molecule has 0 atom stereocenters. The standard InChI is InChI=1S/C31H34N4O5/c1-6-39-27-16-22-9-12-34-24(23(22)17-26(27)38-5)18-28(33-29-20(3)14-19(2)15-21(29)4)35(31(34)37)11-7-8-25(36)30-32-10-13-40-30/h10,13-18H,6-9,11-12H2,1-5H3. The van der Waals surface area contributed by atoms with Crippen LogP contribution in [0.1, 0.15) is 52.7 Å². The molecule has 40 heavy (non-hydrogen) atoms. The molecule has 0 spiro atoms. The van der Waals surface area contributed by atoms with E-state index >= 15 is 0 Å². The Labute approximate surface area is 232 Å². The number of benzene rings is 2. The van der Waals surface area contributed by atoms with E-state index in [9.17, 15) is 9.59 Å². The molecule has 0 saturated heterocycles. The predicted octanol–water partition coefficient (Wildman–Crippen LogP) is 5.09. The number of hydrogen-bond donors (Lipinski definition) is 0. The van der Waals surface area contributed by atoms with E-state index in [0.29, 0.717) is 49.5 Å². The van der Waals surface area contributed by atoms with Crippen molar-refractivity contribution in [3.63, 3.8) is 0 Å². The van der Waals surface area contributed by atoms with Crippen LogP contribution >= 0.6 is 0 Å². The Morgan fingerprint density at radius 2 is 1.88 bits per heavy atom. The summed E-state index contributed by atoms with van der Waals surface area (Å²) in [5.74, 6) is 1.20. The fraction of sp³-hybridized carbons (Fsp3) is 0.355. The third kappa shape index (κ3) is 5.23. The normalized spacial score (nSPS) is 12.7. The zero-order chi connectivity index (χ0) is 28.4. The van der Waals surface area contributed by atoms with E-state index in [2.05, 4.69) is 24.0 Å². The Morgan fingerprint density at radius 1 is 1.10 bits per heavy atom. The van der Waals surface area contributed by atoms with Gasteiger partial charge in [-0.3, -0.25) is 13.9 Å². The summed E-state index contributed by atoms with van der Waals surface area (Å²) in [7, 11) is 1.61. The number of rotatable bonds is 9. The molecule has 2 aromatic heterocycles. The largest absolute Gasteiger partial charge is 0.493 e. The number of fused-ring (bicyclic) bond motifs is 3. The van der Waals surface area contributed by atoms with Gasteiger partial charge in [0, 0.05) is 31.1 Å². The summed E-state index contributed by atoms with van der Waals surface area (Å²) >= 11 is 0. The summed E-state index contributed by atoms with van der Waals surface area (Å²) in [5.41, 5.74) is 7.21. The van der Waals surface area contributed by atoms with Crippen LogP contribution in [0, 0.1) is 20.8 Å². The summed E-state index contributed by atoms with van der Waals surface area (Å²) in [4.78, 5) is 35.5. The van der Waals surface area contributed by atoms with Crippen molar-refractivity contribution in [2.45, 2.75) is 60.0 Å². The number of ether oxygens (including phenoxy) is 2. The molecule has 0 radical (unpaired) electrons. The SMILES string of the molecule is CCOc1cc2c(cc1OC)-c1cc(=Nc3c(C)cc(C)cc3C)n(CCCC(=O)c3ncco3)c(=O)n1CC2. The quantitative estimate of drug-likeness (QED) is 0.273. The van der Waals surface area contributed by atoms with Gasteiger partial charge in [0.1, 0.15) is 11.8 Å². The van der Waals surface area contributed by atoms with Gasteiger partial charge in [-0.15, -0.1) is 0 Å². The van der Waals surface area contributed by atoms with Crippen LogP contribution < -0.4 is 20.7 Å². The number of ketones is 1.